The molecule has 0 bridgehead atoms. The number of carbonyl (C=O) groups is 1. The number of hydrogen-bond acceptors (Lipinski definition) is 2. The maximum Gasteiger partial charge on any atom is 0.287 e. The molecule has 1 fully saturated rings. The third kappa shape index (κ3) is 3.06. The van der Waals surface area contributed by atoms with Gasteiger partial charge in [-0.2, -0.15) is 0 Å². The van der Waals surface area contributed by atoms with Crippen LogP contribution in [0.3, 0.4) is 0 Å². The highest BCUT2D eigenvalue weighted by Gasteiger charge is 2.18. The van der Waals surface area contributed by atoms with E-state index in [1.54, 1.807) is 0 Å². The summed E-state index contributed by atoms with van der Waals surface area (Å²) in [4.78, 5) is 12.3. The molecule has 1 aromatic heterocycles. The topological polar surface area (TPSA) is 42.2 Å². The molecule has 4 heteroatoms. The van der Waals surface area contributed by atoms with E-state index in [1.807, 2.05) is 24.3 Å². The molecule has 0 aliphatic heterocycles. The summed E-state index contributed by atoms with van der Waals surface area (Å²) < 4.78 is 6.60. The predicted molar refractivity (Wildman–Crippen MR) is 82.9 cm³/mol. The van der Waals surface area contributed by atoms with E-state index in [2.05, 4.69) is 21.2 Å². The van der Waals surface area contributed by atoms with Crippen LogP contribution >= 0.6 is 15.9 Å². The molecule has 20 heavy (non-hydrogen) atoms. The molecule has 0 unspecified atom stereocenters. The summed E-state index contributed by atoms with van der Waals surface area (Å²) in [5.74, 6) is 0.312. The third-order valence-electron chi connectivity index (χ3n) is 3.90. The first kappa shape index (κ1) is 13.7. The summed E-state index contributed by atoms with van der Waals surface area (Å²) in [6.45, 7) is 0. The Morgan fingerprint density at radius 2 is 1.90 bits per heavy atom. The third-order valence-corrected chi connectivity index (χ3v) is 4.39. The summed E-state index contributed by atoms with van der Waals surface area (Å²) in [6, 6.07) is 7.90. The van der Waals surface area contributed by atoms with Gasteiger partial charge in [-0.3, -0.25) is 4.79 Å². The normalized spacial score (nSPS) is 17.1. The average molecular weight is 336 g/mol. The van der Waals surface area contributed by atoms with E-state index in [-0.39, 0.29) is 5.91 Å². The Bertz CT molecular complexity index is 612. The van der Waals surface area contributed by atoms with Gasteiger partial charge in [-0.25, -0.2) is 0 Å². The van der Waals surface area contributed by atoms with Gasteiger partial charge in [0.1, 0.15) is 5.58 Å². The van der Waals surface area contributed by atoms with E-state index in [0.717, 1.165) is 28.3 Å². The molecular formula is C16H18BrNO2. The van der Waals surface area contributed by atoms with E-state index in [4.69, 9.17) is 4.42 Å². The fourth-order valence-corrected chi connectivity index (χ4v) is 3.14. The minimum absolute atomic E-state index is 0.0933. The first-order valence-electron chi connectivity index (χ1n) is 7.22. The predicted octanol–water partition coefficient (Wildman–Crippen LogP) is 4.65. The first-order chi connectivity index (χ1) is 9.72. The number of carbonyl (C=O) groups excluding carboxylic acids is 1. The van der Waals surface area contributed by atoms with Gasteiger partial charge < -0.3 is 9.73 Å². The van der Waals surface area contributed by atoms with Crippen LogP contribution in [0.15, 0.2) is 33.2 Å². The lowest BCUT2D eigenvalue weighted by atomic mass is 10.1. The van der Waals surface area contributed by atoms with Crippen molar-refractivity contribution in [3.05, 3.63) is 34.5 Å². The molecule has 1 saturated carbocycles. The second-order valence-electron chi connectivity index (χ2n) is 5.45. The molecule has 1 amide bonds. The molecule has 1 aliphatic rings. The molecule has 3 rings (SSSR count). The van der Waals surface area contributed by atoms with Crippen LogP contribution in [0.4, 0.5) is 0 Å². The van der Waals surface area contributed by atoms with Crippen molar-refractivity contribution in [2.45, 2.75) is 44.6 Å². The molecule has 0 spiro atoms. The molecule has 3 nitrogen and oxygen atoms in total. The van der Waals surface area contributed by atoms with Crippen LogP contribution < -0.4 is 5.32 Å². The summed E-state index contributed by atoms with van der Waals surface area (Å²) >= 11 is 3.41. The van der Waals surface area contributed by atoms with Gasteiger partial charge in [-0.05, 0) is 37.1 Å². The Kier molecular flexibility index (Phi) is 4.10. The molecule has 1 heterocycles. The second-order valence-corrected chi connectivity index (χ2v) is 6.37. The number of rotatable bonds is 2. The van der Waals surface area contributed by atoms with Crippen LogP contribution in [0.5, 0.6) is 0 Å². The Hall–Kier alpha value is -1.29. The van der Waals surface area contributed by atoms with Gasteiger partial charge >= 0.3 is 0 Å². The van der Waals surface area contributed by atoms with Crippen molar-refractivity contribution in [3.8, 4) is 0 Å². The lowest BCUT2D eigenvalue weighted by Crippen LogP contribution is -2.34. The number of furan rings is 1. The molecule has 1 aliphatic carbocycles. The van der Waals surface area contributed by atoms with Crippen molar-refractivity contribution in [2.24, 2.45) is 0 Å². The highest BCUT2D eigenvalue weighted by atomic mass is 79.9. The summed E-state index contributed by atoms with van der Waals surface area (Å²) in [5.41, 5.74) is 0.741. The van der Waals surface area contributed by atoms with Gasteiger partial charge in [0.25, 0.3) is 5.91 Å². The fraction of sp³-hybridized carbons (Fsp3) is 0.438. The van der Waals surface area contributed by atoms with Crippen LogP contribution in [0.25, 0.3) is 11.0 Å². The second kappa shape index (κ2) is 6.00. The van der Waals surface area contributed by atoms with E-state index >= 15 is 0 Å². The van der Waals surface area contributed by atoms with Gasteiger partial charge in [0.2, 0.25) is 0 Å². The Labute approximate surface area is 126 Å². The Morgan fingerprint density at radius 1 is 1.15 bits per heavy atom. The standard InChI is InChI=1S/C16H18BrNO2/c17-12-8-7-11-9-15(20-14(11)10-12)16(19)18-13-5-3-1-2-4-6-13/h7-10,13H,1-6H2,(H,18,19). The zero-order valence-electron chi connectivity index (χ0n) is 11.3. The molecule has 0 radical (unpaired) electrons. The maximum absolute atomic E-state index is 12.3. The number of halogens is 1. The monoisotopic (exact) mass is 335 g/mol. The van der Waals surface area contributed by atoms with Gasteiger partial charge in [-0.1, -0.05) is 41.6 Å². The minimum atomic E-state index is -0.0933. The highest BCUT2D eigenvalue weighted by Crippen LogP contribution is 2.24. The first-order valence-corrected chi connectivity index (χ1v) is 8.01. The van der Waals surface area contributed by atoms with Crippen molar-refractivity contribution in [2.75, 3.05) is 0 Å². The largest absolute Gasteiger partial charge is 0.451 e. The van der Waals surface area contributed by atoms with E-state index < -0.39 is 0 Å². The summed E-state index contributed by atoms with van der Waals surface area (Å²) in [6.07, 6.45) is 7.14. The van der Waals surface area contributed by atoms with Crippen LogP contribution in [0.1, 0.15) is 49.1 Å². The van der Waals surface area contributed by atoms with Crippen molar-refractivity contribution >= 4 is 32.8 Å². The summed E-state index contributed by atoms with van der Waals surface area (Å²) in [5, 5.41) is 4.06. The van der Waals surface area contributed by atoms with Gasteiger partial charge in [-0.15, -0.1) is 0 Å². The zero-order chi connectivity index (χ0) is 13.9. The van der Waals surface area contributed by atoms with Gasteiger partial charge in [0.15, 0.2) is 5.76 Å². The van der Waals surface area contributed by atoms with E-state index in [0.29, 0.717) is 11.8 Å². The lowest BCUT2D eigenvalue weighted by Gasteiger charge is -2.14. The fourth-order valence-electron chi connectivity index (χ4n) is 2.80. The number of amides is 1. The minimum Gasteiger partial charge on any atom is -0.451 e. The quantitative estimate of drug-likeness (QED) is 0.811. The lowest BCUT2D eigenvalue weighted by molar-refractivity contribution is 0.0907. The van der Waals surface area contributed by atoms with Crippen molar-refractivity contribution in [1.82, 2.24) is 5.32 Å². The Morgan fingerprint density at radius 3 is 2.65 bits per heavy atom. The number of fused-ring (bicyclic) bond motifs is 1. The number of nitrogens with one attached hydrogen (secondary N) is 1. The molecule has 1 N–H and O–H groups in total. The SMILES string of the molecule is O=C(NC1CCCCCC1)c1cc2ccc(Br)cc2o1. The average Bonchev–Trinajstić information content (AvgIpc) is 2.68. The highest BCUT2D eigenvalue weighted by molar-refractivity contribution is 9.10. The van der Waals surface area contributed by atoms with Crippen LogP contribution in [0.2, 0.25) is 0 Å². The molecule has 0 atom stereocenters. The molecular weight excluding hydrogens is 318 g/mol. The van der Waals surface area contributed by atoms with E-state index in [1.165, 1.54) is 25.7 Å². The molecule has 1 aromatic carbocycles. The molecule has 0 saturated heterocycles. The Balaban J connectivity index is 1.74. The molecule has 2 aromatic rings. The van der Waals surface area contributed by atoms with Crippen molar-refractivity contribution < 1.29 is 9.21 Å². The van der Waals surface area contributed by atoms with Crippen LogP contribution in [-0.4, -0.2) is 11.9 Å². The maximum atomic E-state index is 12.3. The van der Waals surface area contributed by atoms with E-state index in [9.17, 15) is 4.79 Å². The van der Waals surface area contributed by atoms with Gasteiger partial charge in [0, 0.05) is 15.9 Å². The molecule has 106 valence electrons. The van der Waals surface area contributed by atoms with Crippen molar-refractivity contribution in [1.29, 1.82) is 0 Å². The smallest absolute Gasteiger partial charge is 0.287 e. The zero-order valence-corrected chi connectivity index (χ0v) is 12.9. The van der Waals surface area contributed by atoms with Crippen LogP contribution in [-0.2, 0) is 0 Å². The van der Waals surface area contributed by atoms with Crippen LogP contribution in [0, 0.1) is 0 Å². The number of hydrogen-bond donors (Lipinski definition) is 1. The summed E-state index contributed by atoms with van der Waals surface area (Å²) in [7, 11) is 0. The van der Waals surface area contributed by atoms with Crippen molar-refractivity contribution in [3.63, 3.8) is 0 Å². The van der Waals surface area contributed by atoms with Gasteiger partial charge in [0.05, 0.1) is 0 Å². The number of benzene rings is 1.